The number of nitrogens with zero attached hydrogens (tertiary/aromatic N) is 3. The van der Waals surface area contributed by atoms with Crippen LogP contribution in [0.1, 0.15) is 19.3 Å². The monoisotopic (exact) mass is 325 g/mol. The molecule has 0 spiro atoms. The maximum atomic E-state index is 12.9. The predicted molar refractivity (Wildman–Crippen MR) is 79.8 cm³/mol. The van der Waals surface area contributed by atoms with Crippen LogP contribution >= 0.6 is 11.6 Å². The summed E-state index contributed by atoms with van der Waals surface area (Å²) in [6.07, 6.45) is 5.19. The van der Waals surface area contributed by atoms with Crippen LogP contribution in [0.4, 0.5) is 0 Å². The van der Waals surface area contributed by atoms with Gasteiger partial charge in [0.25, 0.3) is 10.0 Å². The summed E-state index contributed by atoms with van der Waals surface area (Å²) in [5.41, 5.74) is 0.556. The summed E-state index contributed by atoms with van der Waals surface area (Å²) >= 11 is 6.11. The van der Waals surface area contributed by atoms with Crippen molar-refractivity contribution < 1.29 is 8.42 Å². The quantitative estimate of drug-likeness (QED) is 0.852. The molecule has 0 bridgehead atoms. The van der Waals surface area contributed by atoms with Crippen LogP contribution in [0.5, 0.6) is 0 Å². The molecule has 2 aromatic rings. The molecule has 1 aliphatic heterocycles. The predicted octanol–water partition coefficient (Wildman–Crippen LogP) is 2.41. The van der Waals surface area contributed by atoms with E-state index in [1.165, 1.54) is 6.42 Å². The second-order valence-corrected chi connectivity index (χ2v) is 8.12. The van der Waals surface area contributed by atoms with Gasteiger partial charge in [0.05, 0.1) is 0 Å². The highest BCUT2D eigenvalue weighted by Gasteiger charge is 2.43. The van der Waals surface area contributed by atoms with Gasteiger partial charge in [0.15, 0.2) is 10.2 Å². The molecule has 112 valence electrons. The van der Waals surface area contributed by atoms with E-state index in [1.807, 2.05) is 6.07 Å². The lowest BCUT2D eigenvalue weighted by atomic mass is 10.0. The lowest BCUT2D eigenvalue weighted by molar-refractivity contribution is 0.442. The van der Waals surface area contributed by atoms with Gasteiger partial charge in [-0.1, -0.05) is 24.1 Å². The first-order valence-corrected chi connectivity index (χ1v) is 9.02. The molecule has 5 nitrogen and oxygen atoms in total. The van der Waals surface area contributed by atoms with Crippen LogP contribution in [0.15, 0.2) is 29.4 Å². The van der Waals surface area contributed by atoms with Gasteiger partial charge < -0.3 is 0 Å². The van der Waals surface area contributed by atoms with Gasteiger partial charge in [0.2, 0.25) is 0 Å². The van der Waals surface area contributed by atoms with E-state index in [0.717, 1.165) is 12.8 Å². The number of hydrogen-bond acceptors (Lipinski definition) is 3. The highest BCUT2D eigenvalue weighted by molar-refractivity contribution is 7.89. The molecular formula is C14H16ClN3O2S. The number of fused-ring (bicyclic) bond motifs is 2. The first kappa shape index (κ1) is 13.5. The summed E-state index contributed by atoms with van der Waals surface area (Å²) in [5, 5.41) is 0.151. The van der Waals surface area contributed by atoms with Crippen LogP contribution in [-0.4, -0.2) is 35.2 Å². The van der Waals surface area contributed by atoms with Crippen molar-refractivity contribution in [3.63, 3.8) is 0 Å². The summed E-state index contributed by atoms with van der Waals surface area (Å²) in [7, 11) is -3.59. The molecule has 2 unspecified atom stereocenters. The lowest BCUT2D eigenvalue weighted by Gasteiger charge is -2.17. The van der Waals surface area contributed by atoms with Crippen molar-refractivity contribution in [2.24, 2.45) is 11.8 Å². The third kappa shape index (κ3) is 2.00. The van der Waals surface area contributed by atoms with Crippen molar-refractivity contribution in [1.29, 1.82) is 0 Å². The molecule has 3 heterocycles. The molecule has 2 fully saturated rings. The Morgan fingerprint density at radius 2 is 1.90 bits per heavy atom. The van der Waals surface area contributed by atoms with Gasteiger partial charge >= 0.3 is 0 Å². The number of sulfonamides is 1. The molecular weight excluding hydrogens is 310 g/mol. The lowest BCUT2D eigenvalue weighted by Crippen LogP contribution is -2.30. The fourth-order valence-electron chi connectivity index (χ4n) is 3.69. The summed E-state index contributed by atoms with van der Waals surface area (Å²) in [6, 6.07) is 5.35. The van der Waals surface area contributed by atoms with E-state index < -0.39 is 10.0 Å². The largest absolute Gasteiger partial charge is 0.288 e. The molecule has 21 heavy (non-hydrogen) atoms. The van der Waals surface area contributed by atoms with Gasteiger partial charge in [0, 0.05) is 19.3 Å². The normalized spacial score (nSPS) is 26.5. The van der Waals surface area contributed by atoms with Crippen LogP contribution in [0.2, 0.25) is 5.15 Å². The van der Waals surface area contributed by atoms with Crippen molar-refractivity contribution >= 4 is 27.3 Å². The maximum absolute atomic E-state index is 12.9. The molecule has 0 amide bonds. The fraction of sp³-hybridized carbons (Fsp3) is 0.500. The Morgan fingerprint density at radius 3 is 2.62 bits per heavy atom. The van der Waals surface area contributed by atoms with Gasteiger partial charge in [-0.2, -0.15) is 4.31 Å². The van der Waals surface area contributed by atoms with Crippen molar-refractivity contribution in [3.8, 4) is 0 Å². The number of aromatic nitrogens is 2. The van der Waals surface area contributed by atoms with Gasteiger partial charge in [-0.15, -0.1) is 0 Å². The molecule has 0 aromatic carbocycles. The molecule has 1 saturated carbocycles. The average Bonchev–Trinajstić information content (AvgIpc) is 3.08. The van der Waals surface area contributed by atoms with E-state index in [0.29, 0.717) is 30.6 Å². The first-order valence-electron chi connectivity index (χ1n) is 7.20. The molecule has 2 aromatic heterocycles. The Balaban J connectivity index is 1.79. The minimum absolute atomic E-state index is 0.0539. The fourth-order valence-corrected chi connectivity index (χ4v) is 5.84. The molecule has 0 radical (unpaired) electrons. The molecule has 4 rings (SSSR count). The van der Waals surface area contributed by atoms with E-state index in [-0.39, 0.29) is 10.2 Å². The number of imidazole rings is 1. The summed E-state index contributed by atoms with van der Waals surface area (Å²) in [5.74, 6) is 1.02. The first-order chi connectivity index (χ1) is 10.1. The van der Waals surface area contributed by atoms with Crippen LogP contribution in [-0.2, 0) is 10.0 Å². The van der Waals surface area contributed by atoms with E-state index in [4.69, 9.17) is 11.6 Å². The summed E-state index contributed by atoms with van der Waals surface area (Å²) in [4.78, 5) is 4.15. The van der Waals surface area contributed by atoms with Crippen LogP contribution < -0.4 is 0 Å². The summed E-state index contributed by atoms with van der Waals surface area (Å²) < 4.78 is 29.0. The molecule has 0 N–H and O–H groups in total. The zero-order valence-electron chi connectivity index (χ0n) is 11.4. The molecule has 7 heteroatoms. The third-order valence-electron chi connectivity index (χ3n) is 4.72. The SMILES string of the molecule is O=S(=O)(c1c(Cl)nc2ccccn12)N1CC2CCCC2C1. The Labute approximate surface area is 128 Å². The van der Waals surface area contributed by atoms with E-state index in [2.05, 4.69) is 4.98 Å². The van der Waals surface area contributed by atoms with Crippen molar-refractivity contribution in [3.05, 3.63) is 29.5 Å². The van der Waals surface area contributed by atoms with E-state index in [9.17, 15) is 8.42 Å². The molecule has 1 aliphatic carbocycles. The highest BCUT2D eigenvalue weighted by Crippen LogP contribution is 2.40. The number of halogens is 1. The van der Waals surface area contributed by atoms with Crippen LogP contribution in [0.3, 0.4) is 0 Å². The van der Waals surface area contributed by atoms with Crippen LogP contribution in [0.25, 0.3) is 5.65 Å². The van der Waals surface area contributed by atoms with Crippen molar-refractivity contribution in [2.45, 2.75) is 24.3 Å². The van der Waals surface area contributed by atoms with Crippen LogP contribution in [0, 0.1) is 11.8 Å². The van der Waals surface area contributed by atoms with Crippen molar-refractivity contribution in [2.75, 3.05) is 13.1 Å². The Kier molecular flexibility index (Phi) is 3.03. The molecule has 1 saturated heterocycles. The van der Waals surface area contributed by atoms with E-state index in [1.54, 1.807) is 27.0 Å². The minimum atomic E-state index is -3.59. The molecule has 2 aliphatic rings. The highest BCUT2D eigenvalue weighted by atomic mass is 35.5. The zero-order chi connectivity index (χ0) is 14.6. The second-order valence-electron chi connectivity index (χ2n) is 5.91. The smallest absolute Gasteiger partial charge is 0.262 e. The van der Waals surface area contributed by atoms with Gasteiger partial charge in [-0.25, -0.2) is 13.4 Å². The standard InChI is InChI=1S/C14H16ClN3O2S/c15-13-14(18-7-2-1-6-12(18)16-13)21(19,20)17-8-10-4-3-5-11(10)9-17/h1-2,6-7,10-11H,3-5,8-9H2. The Hall–Kier alpha value is -1.11. The summed E-state index contributed by atoms with van der Waals surface area (Å²) in [6.45, 7) is 1.23. The average molecular weight is 326 g/mol. The molecule has 2 atom stereocenters. The number of hydrogen-bond donors (Lipinski definition) is 0. The second kappa shape index (κ2) is 4.69. The Morgan fingerprint density at radius 1 is 1.19 bits per heavy atom. The van der Waals surface area contributed by atoms with Gasteiger partial charge in [-0.3, -0.25) is 4.40 Å². The van der Waals surface area contributed by atoms with Crippen molar-refractivity contribution in [1.82, 2.24) is 13.7 Å². The number of pyridine rings is 1. The van der Waals surface area contributed by atoms with E-state index >= 15 is 0 Å². The number of rotatable bonds is 2. The third-order valence-corrected chi connectivity index (χ3v) is 6.96. The maximum Gasteiger partial charge on any atom is 0.262 e. The van der Waals surface area contributed by atoms with Gasteiger partial charge in [0.1, 0.15) is 5.65 Å². The van der Waals surface area contributed by atoms with Gasteiger partial charge in [-0.05, 0) is 36.8 Å². The Bertz CT molecular complexity index is 790. The minimum Gasteiger partial charge on any atom is -0.288 e. The zero-order valence-corrected chi connectivity index (χ0v) is 13.0. The topological polar surface area (TPSA) is 54.7 Å².